The third kappa shape index (κ3) is 6.11. The number of thioether (sulfide) groups is 1. The number of amides is 1. The maximum absolute atomic E-state index is 13.2. The molecule has 1 atom stereocenters. The number of methoxy groups -OCH3 is 2. The van der Waals surface area contributed by atoms with E-state index < -0.39 is 12.0 Å². The first-order chi connectivity index (χ1) is 18.0. The van der Waals surface area contributed by atoms with Gasteiger partial charge in [0, 0.05) is 37.4 Å². The van der Waals surface area contributed by atoms with Crippen LogP contribution in [0.1, 0.15) is 31.9 Å². The average molecular weight is 531 g/mol. The lowest BCUT2D eigenvalue weighted by molar-refractivity contribution is -0.139. The first kappa shape index (κ1) is 27.0. The van der Waals surface area contributed by atoms with Crippen LogP contribution in [0.4, 0.5) is 0 Å². The second-order valence-electron chi connectivity index (χ2n) is 8.70. The molecule has 4 rings (SSSR count). The molecule has 0 saturated carbocycles. The van der Waals surface area contributed by atoms with Gasteiger partial charge in [-0.05, 0) is 37.5 Å². The SMILES string of the molecule is CCOC(=O)C1=C(C)N=C2SC=C(CC(=O)NCCN3CCOCC3)N2[C@H]1c1cc(OC)ccc1OC. The van der Waals surface area contributed by atoms with Crippen LogP contribution in [0.25, 0.3) is 0 Å². The first-order valence-corrected chi connectivity index (χ1v) is 13.2. The van der Waals surface area contributed by atoms with Crippen LogP contribution in [-0.4, -0.2) is 87.1 Å². The molecule has 1 saturated heterocycles. The van der Waals surface area contributed by atoms with Crippen LogP contribution in [-0.2, 0) is 19.1 Å². The predicted octanol–water partition coefficient (Wildman–Crippen LogP) is 2.68. The van der Waals surface area contributed by atoms with E-state index in [9.17, 15) is 9.59 Å². The Balaban J connectivity index is 1.60. The Morgan fingerprint density at radius 2 is 2.00 bits per heavy atom. The molecule has 1 N–H and O–H groups in total. The molecule has 0 spiro atoms. The van der Waals surface area contributed by atoms with Crippen molar-refractivity contribution in [3.8, 4) is 11.5 Å². The summed E-state index contributed by atoms with van der Waals surface area (Å²) in [6.07, 6.45) is 0.146. The van der Waals surface area contributed by atoms with Crippen molar-refractivity contribution < 1.29 is 28.5 Å². The lowest BCUT2D eigenvalue weighted by Crippen LogP contribution is -2.42. The van der Waals surface area contributed by atoms with Gasteiger partial charge in [-0.3, -0.25) is 9.69 Å². The van der Waals surface area contributed by atoms with Crippen molar-refractivity contribution in [1.82, 2.24) is 15.1 Å². The van der Waals surface area contributed by atoms with Gasteiger partial charge in [0.2, 0.25) is 5.91 Å². The summed E-state index contributed by atoms with van der Waals surface area (Å²) in [6.45, 7) is 8.32. The molecule has 0 unspecified atom stereocenters. The minimum Gasteiger partial charge on any atom is -0.497 e. The maximum Gasteiger partial charge on any atom is 0.338 e. The Morgan fingerprint density at radius 1 is 1.22 bits per heavy atom. The average Bonchev–Trinajstić information content (AvgIpc) is 3.29. The fourth-order valence-corrected chi connectivity index (χ4v) is 5.56. The number of esters is 1. The van der Waals surface area contributed by atoms with Crippen LogP contribution in [0.5, 0.6) is 11.5 Å². The molecule has 0 aromatic heterocycles. The highest BCUT2D eigenvalue weighted by molar-refractivity contribution is 8.16. The fourth-order valence-electron chi connectivity index (χ4n) is 4.59. The summed E-state index contributed by atoms with van der Waals surface area (Å²) in [5.74, 6) is 0.664. The Bertz CT molecular complexity index is 1110. The smallest absolute Gasteiger partial charge is 0.338 e. The highest BCUT2D eigenvalue weighted by atomic mass is 32.2. The van der Waals surface area contributed by atoms with Gasteiger partial charge in [-0.25, -0.2) is 9.79 Å². The van der Waals surface area contributed by atoms with Crippen LogP contribution in [0.3, 0.4) is 0 Å². The largest absolute Gasteiger partial charge is 0.497 e. The fraction of sp³-hybridized carbons (Fsp3) is 0.500. The summed E-state index contributed by atoms with van der Waals surface area (Å²) in [5.41, 5.74) is 2.43. The van der Waals surface area contributed by atoms with Gasteiger partial charge in [0.25, 0.3) is 0 Å². The molecule has 0 radical (unpaired) electrons. The number of benzene rings is 1. The molecule has 1 aromatic carbocycles. The number of nitrogens with one attached hydrogen (secondary N) is 1. The predicted molar refractivity (Wildman–Crippen MR) is 141 cm³/mol. The number of carbonyl (C=O) groups is 2. The van der Waals surface area contributed by atoms with Gasteiger partial charge in [0.15, 0.2) is 5.17 Å². The molecule has 3 aliphatic heterocycles. The normalized spacial score (nSPS) is 19.7. The van der Waals surface area contributed by atoms with E-state index in [2.05, 4.69) is 10.2 Å². The molecule has 1 fully saturated rings. The summed E-state index contributed by atoms with van der Waals surface area (Å²) >= 11 is 1.43. The van der Waals surface area contributed by atoms with Gasteiger partial charge in [-0.2, -0.15) is 0 Å². The molecule has 11 heteroatoms. The van der Waals surface area contributed by atoms with E-state index in [0.717, 1.165) is 44.1 Å². The molecular formula is C26H34N4O6S. The molecule has 0 aliphatic carbocycles. The lowest BCUT2D eigenvalue weighted by Gasteiger charge is -2.36. The zero-order valence-corrected chi connectivity index (χ0v) is 22.6. The molecule has 10 nitrogen and oxygen atoms in total. The number of carbonyl (C=O) groups excluding carboxylic acids is 2. The number of ether oxygens (including phenoxy) is 4. The van der Waals surface area contributed by atoms with Crippen molar-refractivity contribution in [2.45, 2.75) is 26.3 Å². The number of fused-ring (bicyclic) bond motifs is 1. The number of amidine groups is 1. The van der Waals surface area contributed by atoms with Crippen molar-refractivity contribution in [1.29, 1.82) is 0 Å². The van der Waals surface area contributed by atoms with Crippen molar-refractivity contribution in [3.05, 3.63) is 46.1 Å². The molecule has 1 aromatic rings. The first-order valence-electron chi connectivity index (χ1n) is 12.4. The van der Waals surface area contributed by atoms with Gasteiger partial charge in [-0.1, -0.05) is 11.8 Å². The quantitative estimate of drug-likeness (QED) is 0.458. The third-order valence-corrected chi connectivity index (χ3v) is 7.31. The highest BCUT2D eigenvalue weighted by Gasteiger charge is 2.42. The highest BCUT2D eigenvalue weighted by Crippen LogP contribution is 2.47. The van der Waals surface area contributed by atoms with Gasteiger partial charge in [0.05, 0.1) is 57.8 Å². The van der Waals surface area contributed by atoms with E-state index in [1.165, 1.54) is 11.8 Å². The molecule has 1 amide bonds. The number of hydrogen-bond donors (Lipinski definition) is 1. The summed E-state index contributed by atoms with van der Waals surface area (Å²) in [7, 11) is 3.17. The third-order valence-electron chi connectivity index (χ3n) is 6.42. The number of rotatable bonds is 10. The van der Waals surface area contributed by atoms with Crippen LogP contribution in [0.15, 0.2) is 45.6 Å². The number of hydrogen-bond acceptors (Lipinski definition) is 10. The minimum atomic E-state index is -0.598. The monoisotopic (exact) mass is 530 g/mol. The van der Waals surface area contributed by atoms with Gasteiger partial charge >= 0.3 is 5.97 Å². The van der Waals surface area contributed by atoms with E-state index in [1.54, 1.807) is 34.1 Å². The zero-order valence-electron chi connectivity index (χ0n) is 21.7. The second kappa shape index (κ2) is 12.5. The van der Waals surface area contributed by atoms with E-state index in [0.29, 0.717) is 34.5 Å². The van der Waals surface area contributed by atoms with Crippen molar-refractivity contribution >= 4 is 28.8 Å². The summed E-state index contributed by atoms with van der Waals surface area (Å²) < 4.78 is 22.0. The molecule has 3 aliphatic rings. The molecule has 3 heterocycles. The van der Waals surface area contributed by atoms with Crippen LogP contribution in [0.2, 0.25) is 0 Å². The van der Waals surface area contributed by atoms with E-state index in [1.807, 2.05) is 22.4 Å². The number of aliphatic imine (C=N–C) groups is 1. The van der Waals surface area contributed by atoms with Crippen molar-refractivity contribution in [2.24, 2.45) is 4.99 Å². The molecule has 200 valence electrons. The number of morpholine rings is 1. The summed E-state index contributed by atoms with van der Waals surface area (Å²) in [6, 6.07) is 4.86. The number of allylic oxidation sites excluding steroid dienone is 1. The Labute approximate surface area is 221 Å². The molecule has 37 heavy (non-hydrogen) atoms. The molecule has 0 bridgehead atoms. The minimum absolute atomic E-state index is 0.0957. The van der Waals surface area contributed by atoms with E-state index >= 15 is 0 Å². The van der Waals surface area contributed by atoms with Crippen LogP contribution in [0, 0.1) is 0 Å². The van der Waals surface area contributed by atoms with Crippen molar-refractivity contribution in [2.75, 3.05) is 60.2 Å². The maximum atomic E-state index is 13.2. The topological polar surface area (TPSA) is 102 Å². The van der Waals surface area contributed by atoms with Gasteiger partial charge < -0.3 is 29.2 Å². The number of nitrogens with zero attached hydrogens (tertiary/aromatic N) is 3. The van der Waals surface area contributed by atoms with Crippen LogP contribution >= 0.6 is 11.8 Å². The van der Waals surface area contributed by atoms with E-state index in [-0.39, 0.29) is 18.9 Å². The van der Waals surface area contributed by atoms with Gasteiger partial charge in [-0.15, -0.1) is 0 Å². The Hall–Kier alpha value is -3.02. The Kier molecular flexibility index (Phi) is 9.12. The van der Waals surface area contributed by atoms with E-state index in [4.69, 9.17) is 23.9 Å². The van der Waals surface area contributed by atoms with Crippen molar-refractivity contribution in [3.63, 3.8) is 0 Å². The van der Waals surface area contributed by atoms with Crippen LogP contribution < -0.4 is 14.8 Å². The zero-order chi connectivity index (χ0) is 26.4. The molecular weight excluding hydrogens is 496 g/mol. The van der Waals surface area contributed by atoms with Gasteiger partial charge in [0.1, 0.15) is 11.5 Å². The standard InChI is InChI=1S/C26H34N4O6S/c1-5-36-25(32)23-17(2)28-26-30(24(23)20-15-19(33-3)6-7-21(20)34-4)18(16-37-26)14-22(31)27-8-9-29-10-12-35-13-11-29/h6-7,15-16,24H,5,8-14H2,1-4H3,(H,27,31)/t24-/m0/s1. The second-order valence-corrected chi connectivity index (χ2v) is 9.54. The summed E-state index contributed by atoms with van der Waals surface area (Å²) in [4.78, 5) is 35.0. The lowest BCUT2D eigenvalue weighted by atomic mass is 9.93. The summed E-state index contributed by atoms with van der Waals surface area (Å²) in [5, 5.41) is 5.63. The Morgan fingerprint density at radius 3 is 2.70 bits per heavy atom.